The van der Waals surface area contributed by atoms with Gasteiger partial charge in [-0.3, -0.25) is 4.79 Å². The van der Waals surface area contributed by atoms with Crippen LogP contribution in [0, 0.1) is 0 Å². The lowest BCUT2D eigenvalue weighted by molar-refractivity contribution is -0.120. The Hall–Kier alpha value is -2.34. The number of nitrogens with one attached hydrogen (secondary N) is 1. The quantitative estimate of drug-likeness (QED) is 0.605. The van der Waals surface area contributed by atoms with E-state index in [4.69, 9.17) is 9.47 Å². The van der Waals surface area contributed by atoms with Crippen LogP contribution in [0.5, 0.6) is 11.5 Å². The first kappa shape index (κ1) is 18.0. The second kappa shape index (κ2) is 8.49. The van der Waals surface area contributed by atoms with E-state index in [1.807, 2.05) is 43.3 Å². The molecule has 0 aliphatic heterocycles. The lowest BCUT2D eigenvalue weighted by atomic mass is 10.1. The highest BCUT2D eigenvalue weighted by Crippen LogP contribution is 2.27. The van der Waals surface area contributed by atoms with E-state index in [1.54, 1.807) is 20.3 Å². The number of ether oxygens (including phenoxy) is 2. The van der Waals surface area contributed by atoms with Gasteiger partial charge in [0.15, 0.2) is 11.5 Å². The molecule has 0 bridgehead atoms. The van der Waals surface area contributed by atoms with Crippen LogP contribution in [0.3, 0.4) is 0 Å². The normalized spacial score (nSPS) is 11.1. The minimum Gasteiger partial charge on any atom is -0.493 e. The van der Waals surface area contributed by atoms with Crippen LogP contribution in [0.4, 0.5) is 0 Å². The van der Waals surface area contributed by atoms with Gasteiger partial charge in [0.2, 0.25) is 5.91 Å². The maximum Gasteiger partial charge on any atom is 0.244 e. The average Bonchev–Trinajstić information content (AvgIpc) is 2.61. The minimum absolute atomic E-state index is 0.169. The highest BCUT2D eigenvalue weighted by molar-refractivity contribution is 9.10. The van der Waals surface area contributed by atoms with Crippen molar-refractivity contribution in [3.05, 3.63) is 58.1 Å². The molecule has 0 fully saturated rings. The molecule has 126 valence electrons. The molecule has 6 heteroatoms. The van der Waals surface area contributed by atoms with Crippen molar-refractivity contribution in [2.75, 3.05) is 14.2 Å². The van der Waals surface area contributed by atoms with Crippen molar-refractivity contribution in [2.24, 2.45) is 5.10 Å². The van der Waals surface area contributed by atoms with E-state index in [1.165, 1.54) is 0 Å². The summed E-state index contributed by atoms with van der Waals surface area (Å²) in [6.07, 6.45) is 0.274. The van der Waals surface area contributed by atoms with Crippen LogP contribution >= 0.6 is 15.9 Å². The molecule has 0 radical (unpaired) electrons. The molecule has 0 aliphatic carbocycles. The van der Waals surface area contributed by atoms with Crippen LogP contribution in [0.15, 0.2) is 52.0 Å². The molecule has 0 aliphatic rings. The molecule has 0 saturated carbocycles. The molecule has 5 nitrogen and oxygen atoms in total. The van der Waals surface area contributed by atoms with Gasteiger partial charge in [-0.05, 0) is 42.8 Å². The van der Waals surface area contributed by atoms with E-state index in [9.17, 15) is 4.79 Å². The number of hydrazone groups is 1. The SMILES string of the molecule is COc1ccc(/C(C)=N\NC(=O)Cc2ccc(Br)cc2)cc1OC. The predicted molar refractivity (Wildman–Crippen MR) is 97.7 cm³/mol. The molecule has 0 spiro atoms. The number of methoxy groups -OCH3 is 2. The molecule has 0 aromatic heterocycles. The molecule has 24 heavy (non-hydrogen) atoms. The summed E-state index contributed by atoms with van der Waals surface area (Å²) in [4.78, 5) is 12.0. The van der Waals surface area contributed by atoms with Gasteiger partial charge in [0, 0.05) is 10.0 Å². The van der Waals surface area contributed by atoms with E-state index in [2.05, 4.69) is 26.5 Å². The smallest absolute Gasteiger partial charge is 0.244 e. The third kappa shape index (κ3) is 4.83. The Morgan fingerprint density at radius 1 is 1.08 bits per heavy atom. The third-order valence-electron chi connectivity index (χ3n) is 3.43. The fourth-order valence-corrected chi connectivity index (χ4v) is 2.36. The van der Waals surface area contributed by atoms with E-state index in [0.29, 0.717) is 17.2 Å². The van der Waals surface area contributed by atoms with Gasteiger partial charge in [0.05, 0.1) is 26.4 Å². The highest BCUT2D eigenvalue weighted by Gasteiger charge is 2.07. The summed E-state index contributed by atoms with van der Waals surface area (Å²) in [7, 11) is 3.16. The van der Waals surface area contributed by atoms with E-state index >= 15 is 0 Å². The Bertz CT molecular complexity index is 742. The highest BCUT2D eigenvalue weighted by atomic mass is 79.9. The zero-order valence-electron chi connectivity index (χ0n) is 13.8. The number of hydrogen-bond acceptors (Lipinski definition) is 4. The van der Waals surface area contributed by atoms with Gasteiger partial charge in [-0.1, -0.05) is 28.1 Å². The van der Waals surface area contributed by atoms with Crippen molar-refractivity contribution in [3.8, 4) is 11.5 Å². The zero-order chi connectivity index (χ0) is 17.5. The first-order chi connectivity index (χ1) is 11.5. The fraction of sp³-hybridized carbons (Fsp3) is 0.222. The maximum atomic E-state index is 12.0. The number of rotatable bonds is 6. The summed E-state index contributed by atoms with van der Waals surface area (Å²) in [5.41, 5.74) is 5.03. The number of benzene rings is 2. The van der Waals surface area contributed by atoms with Crippen molar-refractivity contribution in [3.63, 3.8) is 0 Å². The number of amides is 1. The Morgan fingerprint density at radius 3 is 2.38 bits per heavy atom. The van der Waals surface area contributed by atoms with Crippen molar-refractivity contribution in [1.29, 1.82) is 0 Å². The van der Waals surface area contributed by atoms with Crippen molar-refractivity contribution in [2.45, 2.75) is 13.3 Å². The van der Waals surface area contributed by atoms with Crippen molar-refractivity contribution in [1.82, 2.24) is 5.43 Å². The molecule has 2 aromatic carbocycles. The van der Waals surface area contributed by atoms with Gasteiger partial charge in [-0.2, -0.15) is 5.10 Å². The lowest BCUT2D eigenvalue weighted by Crippen LogP contribution is -2.21. The van der Waals surface area contributed by atoms with Gasteiger partial charge < -0.3 is 9.47 Å². The Kier molecular flexibility index (Phi) is 6.37. The number of carbonyl (C=O) groups excluding carboxylic acids is 1. The number of nitrogens with zero attached hydrogens (tertiary/aromatic N) is 1. The molecule has 2 aromatic rings. The van der Waals surface area contributed by atoms with Gasteiger partial charge in [0.25, 0.3) is 0 Å². The standard InChI is InChI=1S/C18H19BrN2O3/c1-12(14-6-9-16(23-2)17(11-14)24-3)20-21-18(22)10-13-4-7-15(19)8-5-13/h4-9,11H,10H2,1-3H3,(H,21,22)/b20-12-. The van der Waals surface area contributed by atoms with Gasteiger partial charge >= 0.3 is 0 Å². The lowest BCUT2D eigenvalue weighted by Gasteiger charge is -2.09. The summed E-state index contributed by atoms with van der Waals surface area (Å²) in [5, 5.41) is 4.15. The van der Waals surface area contributed by atoms with Crippen molar-refractivity contribution < 1.29 is 14.3 Å². The molecule has 1 N–H and O–H groups in total. The van der Waals surface area contributed by atoms with E-state index < -0.39 is 0 Å². The third-order valence-corrected chi connectivity index (χ3v) is 3.96. The van der Waals surface area contributed by atoms with Gasteiger partial charge in [-0.15, -0.1) is 0 Å². The number of carbonyl (C=O) groups is 1. The van der Waals surface area contributed by atoms with E-state index in [-0.39, 0.29) is 12.3 Å². The monoisotopic (exact) mass is 390 g/mol. The molecular weight excluding hydrogens is 372 g/mol. The Labute approximate surface area is 149 Å². The van der Waals surface area contributed by atoms with Crippen LogP contribution in [0.25, 0.3) is 0 Å². The molecular formula is C18H19BrN2O3. The fourth-order valence-electron chi connectivity index (χ4n) is 2.10. The summed E-state index contributed by atoms with van der Waals surface area (Å²) in [5.74, 6) is 1.09. The second-order valence-electron chi connectivity index (χ2n) is 5.11. The summed E-state index contributed by atoms with van der Waals surface area (Å²) < 4.78 is 11.5. The Balaban J connectivity index is 2.02. The Morgan fingerprint density at radius 2 is 1.75 bits per heavy atom. The molecule has 0 atom stereocenters. The second-order valence-corrected chi connectivity index (χ2v) is 6.02. The van der Waals surface area contributed by atoms with Crippen LogP contribution < -0.4 is 14.9 Å². The van der Waals surface area contributed by atoms with E-state index in [0.717, 1.165) is 15.6 Å². The summed E-state index contributed by atoms with van der Waals surface area (Å²) in [6, 6.07) is 13.1. The summed E-state index contributed by atoms with van der Waals surface area (Å²) >= 11 is 3.37. The van der Waals surface area contributed by atoms with Gasteiger partial charge in [0.1, 0.15) is 0 Å². The van der Waals surface area contributed by atoms with Crippen LogP contribution in [0.2, 0.25) is 0 Å². The number of halogens is 1. The van der Waals surface area contributed by atoms with Gasteiger partial charge in [-0.25, -0.2) is 5.43 Å². The molecule has 0 heterocycles. The number of hydrogen-bond donors (Lipinski definition) is 1. The summed E-state index contributed by atoms with van der Waals surface area (Å²) in [6.45, 7) is 1.82. The molecule has 1 amide bonds. The largest absolute Gasteiger partial charge is 0.493 e. The molecule has 0 saturated heterocycles. The van der Waals surface area contributed by atoms with Crippen LogP contribution in [0.1, 0.15) is 18.1 Å². The molecule has 2 rings (SSSR count). The van der Waals surface area contributed by atoms with Crippen molar-refractivity contribution >= 4 is 27.5 Å². The zero-order valence-corrected chi connectivity index (χ0v) is 15.4. The van der Waals surface area contributed by atoms with Crippen LogP contribution in [-0.4, -0.2) is 25.8 Å². The molecule has 0 unspecified atom stereocenters. The predicted octanol–water partition coefficient (Wildman–Crippen LogP) is 3.55. The first-order valence-corrected chi connectivity index (χ1v) is 8.12. The topological polar surface area (TPSA) is 59.9 Å². The average molecular weight is 391 g/mol. The van der Waals surface area contributed by atoms with Crippen LogP contribution in [-0.2, 0) is 11.2 Å². The first-order valence-electron chi connectivity index (χ1n) is 7.33. The maximum absolute atomic E-state index is 12.0. The minimum atomic E-state index is -0.169.